The molecule has 1 unspecified atom stereocenters. The number of para-hydroxylation sites is 1. The van der Waals surface area contributed by atoms with Crippen LogP contribution in [0, 0.1) is 6.92 Å². The molecule has 1 aromatic heterocycles. The van der Waals surface area contributed by atoms with E-state index in [1.54, 1.807) is 16.7 Å². The SMILES string of the molecule is CCOc1ccccc1C(Cn1c(C)cccc1=O)NC. The minimum absolute atomic E-state index is 0.0177. The lowest BCUT2D eigenvalue weighted by molar-refractivity contribution is 0.329. The lowest BCUT2D eigenvalue weighted by Crippen LogP contribution is -2.29. The van der Waals surface area contributed by atoms with E-state index in [4.69, 9.17) is 4.74 Å². The normalized spacial score (nSPS) is 12.1. The van der Waals surface area contributed by atoms with Gasteiger partial charge in [0, 0.05) is 23.9 Å². The molecule has 21 heavy (non-hydrogen) atoms. The predicted molar refractivity (Wildman–Crippen MR) is 84.9 cm³/mol. The van der Waals surface area contributed by atoms with E-state index in [2.05, 4.69) is 5.32 Å². The molecule has 0 aliphatic heterocycles. The molecule has 0 aliphatic rings. The van der Waals surface area contributed by atoms with Crippen LogP contribution < -0.4 is 15.6 Å². The second-order valence-corrected chi connectivity index (χ2v) is 4.93. The summed E-state index contributed by atoms with van der Waals surface area (Å²) in [6, 6.07) is 13.3. The number of rotatable bonds is 6. The van der Waals surface area contributed by atoms with Crippen molar-refractivity contribution in [3.63, 3.8) is 0 Å². The van der Waals surface area contributed by atoms with Crippen LogP contribution >= 0.6 is 0 Å². The molecule has 0 saturated heterocycles. The highest BCUT2D eigenvalue weighted by molar-refractivity contribution is 5.36. The number of ether oxygens (including phenoxy) is 1. The summed E-state index contributed by atoms with van der Waals surface area (Å²) in [5.41, 5.74) is 2.04. The van der Waals surface area contributed by atoms with Crippen molar-refractivity contribution in [1.29, 1.82) is 0 Å². The van der Waals surface area contributed by atoms with Crippen molar-refractivity contribution in [2.75, 3.05) is 13.7 Å². The van der Waals surface area contributed by atoms with Crippen molar-refractivity contribution in [3.8, 4) is 5.75 Å². The lowest BCUT2D eigenvalue weighted by atomic mass is 10.1. The highest BCUT2D eigenvalue weighted by Gasteiger charge is 2.16. The maximum absolute atomic E-state index is 12.0. The van der Waals surface area contributed by atoms with Crippen molar-refractivity contribution in [2.45, 2.75) is 26.4 Å². The Hall–Kier alpha value is -2.07. The summed E-state index contributed by atoms with van der Waals surface area (Å²) in [4.78, 5) is 12.0. The number of pyridine rings is 1. The number of benzene rings is 1. The van der Waals surface area contributed by atoms with E-state index in [1.165, 1.54) is 0 Å². The van der Waals surface area contributed by atoms with Gasteiger partial charge >= 0.3 is 0 Å². The molecule has 0 fully saturated rings. The van der Waals surface area contributed by atoms with Gasteiger partial charge < -0.3 is 14.6 Å². The molecule has 2 rings (SSSR count). The molecule has 4 nitrogen and oxygen atoms in total. The van der Waals surface area contributed by atoms with E-state index in [0.717, 1.165) is 17.0 Å². The third-order valence-electron chi connectivity index (χ3n) is 3.58. The first-order chi connectivity index (χ1) is 10.2. The van der Waals surface area contributed by atoms with Gasteiger partial charge in [0.25, 0.3) is 5.56 Å². The van der Waals surface area contributed by atoms with Crippen molar-refractivity contribution in [1.82, 2.24) is 9.88 Å². The highest BCUT2D eigenvalue weighted by atomic mass is 16.5. The van der Waals surface area contributed by atoms with Crippen LogP contribution in [-0.4, -0.2) is 18.2 Å². The molecule has 1 heterocycles. The fourth-order valence-corrected chi connectivity index (χ4v) is 2.44. The number of hydrogen-bond donors (Lipinski definition) is 1. The zero-order valence-electron chi connectivity index (χ0n) is 12.8. The summed E-state index contributed by atoms with van der Waals surface area (Å²) >= 11 is 0. The molecule has 4 heteroatoms. The van der Waals surface area contributed by atoms with Gasteiger partial charge in [0.05, 0.1) is 12.6 Å². The largest absolute Gasteiger partial charge is 0.494 e. The van der Waals surface area contributed by atoms with Crippen molar-refractivity contribution in [3.05, 3.63) is 64.1 Å². The zero-order chi connectivity index (χ0) is 15.2. The monoisotopic (exact) mass is 286 g/mol. The Balaban J connectivity index is 2.35. The molecule has 2 aromatic rings. The smallest absolute Gasteiger partial charge is 0.250 e. The topological polar surface area (TPSA) is 43.3 Å². The van der Waals surface area contributed by atoms with E-state index in [0.29, 0.717) is 13.2 Å². The van der Waals surface area contributed by atoms with E-state index in [9.17, 15) is 4.79 Å². The van der Waals surface area contributed by atoms with E-state index in [-0.39, 0.29) is 11.6 Å². The molecule has 0 aliphatic carbocycles. The first-order valence-electron chi connectivity index (χ1n) is 7.22. The molecule has 0 spiro atoms. The summed E-state index contributed by atoms with van der Waals surface area (Å²) in [5, 5.41) is 3.28. The second-order valence-electron chi connectivity index (χ2n) is 4.93. The van der Waals surface area contributed by atoms with Gasteiger partial charge in [-0.3, -0.25) is 4.79 Å². The molecule has 0 saturated carbocycles. The van der Waals surface area contributed by atoms with Gasteiger partial charge in [-0.25, -0.2) is 0 Å². The molecule has 0 radical (unpaired) electrons. The van der Waals surface area contributed by atoms with Crippen LogP contribution in [0.1, 0.15) is 24.2 Å². The summed E-state index contributed by atoms with van der Waals surface area (Å²) < 4.78 is 7.47. The maximum Gasteiger partial charge on any atom is 0.250 e. The quantitative estimate of drug-likeness (QED) is 0.887. The van der Waals surface area contributed by atoms with Gasteiger partial charge in [0.2, 0.25) is 0 Å². The average Bonchev–Trinajstić information content (AvgIpc) is 2.48. The van der Waals surface area contributed by atoms with Gasteiger partial charge in [0.15, 0.2) is 0 Å². The van der Waals surface area contributed by atoms with E-state index in [1.807, 2.05) is 51.2 Å². The Labute approximate surface area is 125 Å². The Morgan fingerprint density at radius 2 is 1.95 bits per heavy atom. The zero-order valence-corrected chi connectivity index (χ0v) is 12.8. The van der Waals surface area contributed by atoms with Crippen LogP contribution in [-0.2, 0) is 6.54 Å². The predicted octanol–water partition coefficient (Wildman–Crippen LogP) is 2.52. The number of aromatic nitrogens is 1. The molecular weight excluding hydrogens is 264 g/mol. The average molecular weight is 286 g/mol. The Kier molecular flexibility index (Phi) is 5.17. The van der Waals surface area contributed by atoms with Gasteiger partial charge in [0.1, 0.15) is 5.75 Å². The molecular formula is C17H22N2O2. The van der Waals surface area contributed by atoms with E-state index >= 15 is 0 Å². The fourth-order valence-electron chi connectivity index (χ4n) is 2.44. The molecule has 1 N–H and O–H groups in total. The number of hydrogen-bond acceptors (Lipinski definition) is 3. The number of nitrogens with one attached hydrogen (secondary N) is 1. The Morgan fingerprint density at radius 3 is 2.62 bits per heavy atom. The van der Waals surface area contributed by atoms with E-state index < -0.39 is 0 Å². The number of likely N-dealkylation sites (N-methyl/N-ethyl adjacent to an activating group) is 1. The van der Waals surface area contributed by atoms with Crippen LogP contribution in [0.2, 0.25) is 0 Å². The standard InChI is InChI=1S/C17H22N2O2/c1-4-21-16-10-6-5-9-14(16)15(18-3)12-19-13(2)8-7-11-17(19)20/h5-11,15,18H,4,12H2,1-3H3. The summed E-state index contributed by atoms with van der Waals surface area (Å²) in [7, 11) is 1.90. The molecule has 112 valence electrons. The third-order valence-corrected chi connectivity index (χ3v) is 3.58. The maximum atomic E-state index is 12.0. The van der Waals surface area contributed by atoms with Crippen LogP contribution in [0.5, 0.6) is 5.75 Å². The lowest BCUT2D eigenvalue weighted by Gasteiger charge is -2.22. The van der Waals surface area contributed by atoms with Crippen LogP contribution in [0.3, 0.4) is 0 Å². The van der Waals surface area contributed by atoms with Crippen molar-refractivity contribution < 1.29 is 4.74 Å². The molecule has 0 amide bonds. The Bertz CT molecular complexity index is 649. The van der Waals surface area contributed by atoms with Crippen LogP contribution in [0.4, 0.5) is 0 Å². The number of aryl methyl sites for hydroxylation is 1. The van der Waals surface area contributed by atoms with Crippen molar-refractivity contribution in [2.24, 2.45) is 0 Å². The fraction of sp³-hybridized carbons (Fsp3) is 0.353. The third kappa shape index (κ3) is 3.52. The minimum Gasteiger partial charge on any atom is -0.494 e. The van der Waals surface area contributed by atoms with Crippen LogP contribution in [0.15, 0.2) is 47.3 Å². The summed E-state index contributed by atoms with van der Waals surface area (Å²) in [6.07, 6.45) is 0. The second kappa shape index (κ2) is 7.09. The molecule has 1 aromatic carbocycles. The summed E-state index contributed by atoms with van der Waals surface area (Å²) in [6.45, 7) is 5.11. The minimum atomic E-state index is 0.0177. The van der Waals surface area contributed by atoms with Gasteiger partial charge in [-0.05, 0) is 33.0 Å². The van der Waals surface area contributed by atoms with Crippen molar-refractivity contribution >= 4 is 0 Å². The first kappa shape index (κ1) is 15.3. The Morgan fingerprint density at radius 1 is 1.19 bits per heavy atom. The molecule has 1 atom stereocenters. The molecule has 0 bridgehead atoms. The van der Waals surface area contributed by atoms with Crippen LogP contribution in [0.25, 0.3) is 0 Å². The van der Waals surface area contributed by atoms with Gasteiger partial charge in [-0.1, -0.05) is 24.3 Å². The first-order valence-corrected chi connectivity index (χ1v) is 7.22. The van der Waals surface area contributed by atoms with Gasteiger partial charge in [-0.2, -0.15) is 0 Å². The summed E-state index contributed by atoms with van der Waals surface area (Å²) in [5.74, 6) is 0.862. The number of nitrogens with zero attached hydrogens (tertiary/aromatic N) is 1. The highest BCUT2D eigenvalue weighted by Crippen LogP contribution is 2.26. The van der Waals surface area contributed by atoms with Gasteiger partial charge in [-0.15, -0.1) is 0 Å².